The quantitative estimate of drug-likeness (QED) is 0.304. The lowest BCUT2D eigenvalue weighted by Crippen LogP contribution is -2.18. The fourth-order valence-electron chi connectivity index (χ4n) is 3.38. The minimum absolute atomic E-state index is 0.0458. The molecule has 0 fully saturated rings. The number of benzene rings is 2. The van der Waals surface area contributed by atoms with E-state index in [1.807, 2.05) is 46.1 Å². The van der Waals surface area contributed by atoms with Gasteiger partial charge in [-0.05, 0) is 41.3 Å². The number of aromatic nitrogens is 1. The SMILES string of the molecule is Fc1ccc(C2CC(c3cccs3)=NN2c2nc(-c3ccc(Cl)c(Cl)c3)cs2)cc1. The van der Waals surface area contributed by atoms with E-state index in [0.29, 0.717) is 10.0 Å². The Labute approximate surface area is 191 Å². The van der Waals surface area contributed by atoms with Gasteiger partial charge in [-0.1, -0.05) is 47.5 Å². The van der Waals surface area contributed by atoms with Crippen molar-refractivity contribution in [2.45, 2.75) is 12.5 Å². The van der Waals surface area contributed by atoms with Crippen LogP contribution < -0.4 is 5.01 Å². The molecule has 0 N–H and O–H groups in total. The summed E-state index contributed by atoms with van der Waals surface area (Å²) in [5.74, 6) is -0.251. The predicted octanol–water partition coefficient (Wildman–Crippen LogP) is 7.67. The first-order valence-corrected chi connectivity index (χ1v) is 11.7. The molecule has 1 aliphatic rings. The smallest absolute Gasteiger partial charge is 0.207 e. The van der Waals surface area contributed by atoms with Crippen LogP contribution in [-0.2, 0) is 0 Å². The third-order valence-corrected chi connectivity index (χ3v) is 7.36. The van der Waals surface area contributed by atoms with Crippen molar-refractivity contribution in [1.82, 2.24) is 4.98 Å². The van der Waals surface area contributed by atoms with Crippen LogP contribution in [0.1, 0.15) is 22.9 Å². The second kappa shape index (κ2) is 8.12. The molecule has 3 heterocycles. The van der Waals surface area contributed by atoms with E-state index in [-0.39, 0.29) is 11.9 Å². The lowest BCUT2D eigenvalue weighted by atomic mass is 10.0. The molecule has 2 aromatic heterocycles. The second-order valence-electron chi connectivity index (χ2n) is 6.78. The fraction of sp³-hybridized carbons (Fsp3) is 0.0909. The van der Waals surface area contributed by atoms with Gasteiger partial charge in [0.1, 0.15) is 5.82 Å². The van der Waals surface area contributed by atoms with Crippen LogP contribution >= 0.6 is 45.9 Å². The zero-order chi connectivity index (χ0) is 20.7. The third-order valence-electron chi connectivity index (χ3n) is 4.87. The van der Waals surface area contributed by atoms with Gasteiger partial charge in [0.2, 0.25) is 5.13 Å². The zero-order valence-electron chi connectivity index (χ0n) is 15.4. The average Bonchev–Trinajstić information content (AvgIpc) is 3.50. The van der Waals surface area contributed by atoms with E-state index in [1.165, 1.54) is 23.5 Å². The Morgan fingerprint density at radius 1 is 1.00 bits per heavy atom. The highest BCUT2D eigenvalue weighted by Crippen LogP contribution is 2.40. The maximum Gasteiger partial charge on any atom is 0.207 e. The monoisotopic (exact) mass is 473 g/mol. The molecule has 150 valence electrons. The minimum atomic E-state index is -0.251. The first-order valence-electron chi connectivity index (χ1n) is 9.15. The molecule has 5 rings (SSSR count). The summed E-state index contributed by atoms with van der Waals surface area (Å²) in [4.78, 5) is 5.94. The molecule has 2 aromatic carbocycles. The van der Waals surface area contributed by atoms with Crippen LogP contribution in [-0.4, -0.2) is 10.7 Å². The lowest BCUT2D eigenvalue weighted by Gasteiger charge is -2.21. The molecule has 1 atom stereocenters. The Bertz CT molecular complexity index is 1220. The van der Waals surface area contributed by atoms with Crippen LogP contribution in [0.5, 0.6) is 0 Å². The molecule has 3 nitrogen and oxygen atoms in total. The van der Waals surface area contributed by atoms with Crippen molar-refractivity contribution in [2.24, 2.45) is 5.10 Å². The summed E-state index contributed by atoms with van der Waals surface area (Å²) in [6, 6.07) is 16.1. The molecule has 30 heavy (non-hydrogen) atoms. The van der Waals surface area contributed by atoms with Crippen LogP contribution in [0.15, 0.2) is 70.5 Å². The van der Waals surface area contributed by atoms with Crippen molar-refractivity contribution in [3.05, 3.63) is 91.7 Å². The highest BCUT2D eigenvalue weighted by Gasteiger charge is 2.32. The topological polar surface area (TPSA) is 28.5 Å². The summed E-state index contributed by atoms with van der Waals surface area (Å²) in [6.07, 6.45) is 0.730. The van der Waals surface area contributed by atoms with E-state index in [1.54, 1.807) is 17.4 Å². The molecule has 0 bridgehead atoms. The van der Waals surface area contributed by atoms with Gasteiger partial charge < -0.3 is 0 Å². The fourth-order valence-corrected chi connectivity index (χ4v) is 5.23. The minimum Gasteiger partial charge on any atom is -0.231 e. The maximum absolute atomic E-state index is 13.5. The number of thiophene rings is 1. The normalized spacial score (nSPS) is 16.2. The maximum atomic E-state index is 13.5. The zero-order valence-corrected chi connectivity index (χ0v) is 18.6. The molecule has 8 heteroatoms. The van der Waals surface area contributed by atoms with Crippen molar-refractivity contribution >= 4 is 56.7 Å². The van der Waals surface area contributed by atoms with Crippen molar-refractivity contribution in [3.63, 3.8) is 0 Å². The molecule has 1 unspecified atom stereocenters. The summed E-state index contributed by atoms with van der Waals surface area (Å²) < 4.78 is 13.5. The Morgan fingerprint density at radius 2 is 1.83 bits per heavy atom. The van der Waals surface area contributed by atoms with Crippen molar-refractivity contribution < 1.29 is 4.39 Å². The van der Waals surface area contributed by atoms with E-state index in [9.17, 15) is 4.39 Å². The van der Waals surface area contributed by atoms with Gasteiger partial charge in [0.05, 0.1) is 32.4 Å². The van der Waals surface area contributed by atoms with E-state index < -0.39 is 0 Å². The van der Waals surface area contributed by atoms with Crippen molar-refractivity contribution in [3.8, 4) is 11.3 Å². The van der Waals surface area contributed by atoms with Crippen LogP contribution in [0, 0.1) is 5.82 Å². The van der Waals surface area contributed by atoms with Crippen LogP contribution in [0.25, 0.3) is 11.3 Å². The van der Waals surface area contributed by atoms with E-state index in [4.69, 9.17) is 33.3 Å². The molecule has 4 aromatic rings. The third kappa shape index (κ3) is 3.76. The van der Waals surface area contributed by atoms with Gasteiger partial charge in [0.25, 0.3) is 0 Å². The van der Waals surface area contributed by atoms with Gasteiger partial charge in [0.15, 0.2) is 0 Å². The first kappa shape index (κ1) is 19.7. The van der Waals surface area contributed by atoms with E-state index >= 15 is 0 Å². The van der Waals surface area contributed by atoms with E-state index in [0.717, 1.165) is 39.0 Å². The average molecular weight is 474 g/mol. The van der Waals surface area contributed by atoms with Gasteiger partial charge in [-0.25, -0.2) is 14.4 Å². The van der Waals surface area contributed by atoms with Gasteiger partial charge in [-0.3, -0.25) is 0 Å². The van der Waals surface area contributed by atoms with E-state index in [2.05, 4.69) is 6.07 Å². The number of hydrogen-bond acceptors (Lipinski definition) is 5. The van der Waals surface area contributed by atoms with Crippen LogP contribution in [0.3, 0.4) is 0 Å². The van der Waals surface area contributed by atoms with Crippen LogP contribution in [0.4, 0.5) is 9.52 Å². The molecule has 0 aliphatic carbocycles. The largest absolute Gasteiger partial charge is 0.231 e. The number of thiazole rings is 1. The standard InChI is InChI=1S/C22H14Cl2FN3S2/c23-16-8-5-14(10-17(16)24)19-12-30-22(26-19)28-20(13-3-6-15(25)7-4-13)11-18(27-28)21-2-1-9-29-21/h1-10,12,20H,11H2. The highest BCUT2D eigenvalue weighted by atomic mass is 35.5. The highest BCUT2D eigenvalue weighted by molar-refractivity contribution is 7.14. The summed E-state index contributed by atoms with van der Waals surface area (Å²) in [5, 5.41) is 12.6. The molecule has 1 aliphatic heterocycles. The molecule has 0 radical (unpaired) electrons. The van der Waals surface area contributed by atoms with Gasteiger partial charge >= 0.3 is 0 Å². The number of hydrogen-bond donors (Lipinski definition) is 0. The number of halogens is 3. The number of hydrazone groups is 1. The molecule has 0 saturated heterocycles. The second-order valence-corrected chi connectivity index (χ2v) is 9.38. The Balaban J connectivity index is 1.53. The summed E-state index contributed by atoms with van der Waals surface area (Å²) in [6.45, 7) is 0. The Kier molecular flexibility index (Phi) is 5.33. The van der Waals surface area contributed by atoms with Gasteiger partial charge in [0, 0.05) is 17.4 Å². The molecule has 0 spiro atoms. The summed E-state index contributed by atoms with van der Waals surface area (Å²) >= 11 is 15.4. The molecule has 0 amide bonds. The number of nitrogens with zero attached hydrogens (tertiary/aromatic N) is 3. The number of anilines is 1. The Morgan fingerprint density at radius 3 is 2.57 bits per heavy atom. The summed E-state index contributed by atoms with van der Waals surface area (Å²) in [5.41, 5.74) is 3.71. The predicted molar refractivity (Wildman–Crippen MR) is 125 cm³/mol. The lowest BCUT2D eigenvalue weighted by molar-refractivity contribution is 0.624. The molecular formula is C22H14Cl2FN3S2. The molecular weight excluding hydrogens is 460 g/mol. The number of rotatable bonds is 4. The van der Waals surface area contributed by atoms with Crippen LogP contribution in [0.2, 0.25) is 10.0 Å². The van der Waals surface area contributed by atoms with Gasteiger partial charge in [-0.15, -0.1) is 22.7 Å². The van der Waals surface area contributed by atoms with Gasteiger partial charge in [-0.2, -0.15) is 5.10 Å². The van der Waals surface area contributed by atoms with Crippen molar-refractivity contribution in [2.75, 3.05) is 5.01 Å². The molecule has 0 saturated carbocycles. The Hall–Kier alpha value is -2.25. The first-order chi connectivity index (χ1) is 14.6. The van der Waals surface area contributed by atoms with Crippen molar-refractivity contribution in [1.29, 1.82) is 0 Å². The summed E-state index contributed by atoms with van der Waals surface area (Å²) in [7, 11) is 0.